The molecule has 5 rings (SSSR count). The van der Waals surface area contributed by atoms with Crippen LogP contribution in [0.15, 0.2) is 59.0 Å². The molecule has 3 aromatic carbocycles. The normalized spacial score (nSPS) is 13.6. The van der Waals surface area contributed by atoms with Crippen molar-refractivity contribution in [1.29, 1.82) is 0 Å². The van der Waals surface area contributed by atoms with Gasteiger partial charge in [0.1, 0.15) is 11.3 Å². The molecule has 0 spiro atoms. The van der Waals surface area contributed by atoms with Gasteiger partial charge in [0.2, 0.25) is 0 Å². The highest BCUT2D eigenvalue weighted by molar-refractivity contribution is 5.90. The number of hydrogen-bond acceptors (Lipinski definition) is 1. The third kappa shape index (κ3) is 6.20. The van der Waals surface area contributed by atoms with E-state index in [0.717, 1.165) is 11.3 Å². The molecule has 1 aliphatic rings. The molecular weight excluding hydrogens is 496 g/mol. The van der Waals surface area contributed by atoms with Gasteiger partial charge in [-0.2, -0.15) is 0 Å². The lowest BCUT2D eigenvalue weighted by atomic mass is 9.70. The molecule has 0 bridgehead atoms. The summed E-state index contributed by atoms with van der Waals surface area (Å²) in [4.78, 5) is 0. The zero-order valence-corrected chi connectivity index (χ0v) is 26.5. The van der Waals surface area contributed by atoms with Crippen LogP contribution >= 0.6 is 0 Å². The van der Waals surface area contributed by atoms with Crippen molar-refractivity contribution in [3.05, 3.63) is 82.4 Å². The van der Waals surface area contributed by atoms with Crippen LogP contribution in [0.1, 0.15) is 132 Å². The molecule has 1 aliphatic carbocycles. The number of furan rings is 1. The number of fused-ring (bicyclic) bond motifs is 4. The Morgan fingerprint density at radius 1 is 0.561 bits per heavy atom. The molecule has 4 aromatic rings. The minimum atomic E-state index is 0.0960. The van der Waals surface area contributed by atoms with E-state index in [2.05, 4.69) is 89.2 Å². The van der Waals surface area contributed by atoms with E-state index in [1.165, 1.54) is 129 Å². The lowest BCUT2D eigenvalue weighted by Gasteiger charge is -2.33. The summed E-state index contributed by atoms with van der Waals surface area (Å²) in [7, 11) is 0. The predicted molar refractivity (Wildman–Crippen MR) is 178 cm³/mol. The van der Waals surface area contributed by atoms with Crippen molar-refractivity contribution in [3.8, 4) is 22.5 Å². The fraction of sp³-hybridized carbons (Fsp3) is 0.500. The van der Waals surface area contributed by atoms with Gasteiger partial charge in [0.05, 0.1) is 0 Å². The number of hydrogen-bond donors (Lipinski definition) is 0. The minimum absolute atomic E-state index is 0.0960. The van der Waals surface area contributed by atoms with Crippen molar-refractivity contribution >= 4 is 11.0 Å². The average molecular weight is 549 g/mol. The van der Waals surface area contributed by atoms with Gasteiger partial charge < -0.3 is 4.42 Å². The Kier molecular flexibility index (Phi) is 9.74. The molecule has 1 nitrogen and oxygen atoms in total. The van der Waals surface area contributed by atoms with E-state index >= 15 is 0 Å². The van der Waals surface area contributed by atoms with Gasteiger partial charge >= 0.3 is 0 Å². The van der Waals surface area contributed by atoms with Crippen LogP contribution in [0.3, 0.4) is 0 Å². The Morgan fingerprint density at radius 2 is 1.10 bits per heavy atom. The molecular formula is C40H52O. The third-order valence-electron chi connectivity index (χ3n) is 9.79. The molecule has 1 aromatic heterocycles. The smallest absolute Gasteiger partial charge is 0.138 e. The minimum Gasteiger partial charge on any atom is -0.456 e. The first-order valence-electron chi connectivity index (χ1n) is 16.7. The Balaban J connectivity index is 1.54. The standard InChI is InChI=1S/C40H52O/c1-6-8-10-12-14-16-24-40(25-17-15-13-11-9-7-2)36-26-29(3)19-22-34(36)35-23-20-32(28-37(35)40)39-31(5)33-21-18-30(4)27-38(33)41-39/h18-23,26-28H,6-17,24-25H2,1-5H3. The third-order valence-corrected chi connectivity index (χ3v) is 9.79. The zero-order valence-electron chi connectivity index (χ0n) is 26.5. The van der Waals surface area contributed by atoms with Crippen LogP contribution in [0, 0.1) is 20.8 Å². The zero-order chi connectivity index (χ0) is 28.8. The van der Waals surface area contributed by atoms with E-state index in [9.17, 15) is 0 Å². The van der Waals surface area contributed by atoms with Crippen LogP contribution in [0.2, 0.25) is 0 Å². The maximum Gasteiger partial charge on any atom is 0.138 e. The van der Waals surface area contributed by atoms with Crippen LogP contribution in [0.4, 0.5) is 0 Å². The SMILES string of the molecule is CCCCCCCCC1(CCCCCCCC)c2cc(C)ccc2-c2ccc(-c3oc4cc(C)ccc4c3C)cc21. The van der Waals surface area contributed by atoms with Crippen molar-refractivity contribution < 1.29 is 4.42 Å². The van der Waals surface area contributed by atoms with Gasteiger partial charge in [-0.1, -0.05) is 139 Å². The quantitative estimate of drug-likeness (QED) is 0.135. The van der Waals surface area contributed by atoms with Crippen LogP contribution in [-0.2, 0) is 5.41 Å². The Labute approximate surface area is 249 Å². The predicted octanol–water partition coefficient (Wildman–Crippen LogP) is 12.8. The molecule has 1 heterocycles. The summed E-state index contributed by atoms with van der Waals surface area (Å²) in [5, 5.41) is 1.23. The molecule has 0 saturated carbocycles. The van der Waals surface area contributed by atoms with Crippen molar-refractivity contribution in [1.82, 2.24) is 0 Å². The molecule has 41 heavy (non-hydrogen) atoms. The summed E-state index contributed by atoms with van der Waals surface area (Å²) >= 11 is 0. The summed E-state index contributed by atoms with van der Waals surface area (Å²) in [6.45, 7) is 11.3. The fourth-order valence-electron chi connectivity index (χ4n) is 7.44. The number of unbranched alkanes of at least 4 members (excludes halogenated alkanes) is 10. The molecule has 0 unspecified atom stereocenters. The summed E-state index contributed by atoms with van der Waals surface area (Å²) in [5.74, 6) is 1.04. The van der Waals surface area contributed by atoms with E-state index in [-0.39, 0.29) is 5.41 Å². The van der Waals surface area contributed by atoms with Gasteiger partial charge in [-0.15, -0.1) is 0 Å². The Bertz CT molecular complexity index is 1440. The second-order valence-electron chi connectivity index (χ2n) is 13.0. The van der Waals surface area contributed by atoms with Crippen LogP contribution in [0.25, 0.3) is 33.4 Å². The topological polar surface area (TPSA) is 13.1 Å². The molecule has 0 saturated heterocycles. The molecule has 0 N–H and O–H groups in total. The van der Waals surface area contributed by atoms with Gasteiger partial charge in [-0.3, -0.25) is 0 Å². The first kappa shape index (κ1) is 29.7. The van der Waals surface area contributed by atoms with Crippen molar-refractivity contribution in [2.24, 2.45) is 0 Å². The maximum absolute atomic E-state index is 6.56. The van der Waals surface area contributed by atoms with Gasteiger partial charge in [0, 0.05) is 21.9 Å². The van der Waals surface area contributed by atoms with Gasteiger partial charge in [0.25, 0.3) is 0 Å². The average Bonchev–Trinajstić information content (AvgIpc) is 3.43. The number of benzene rings is 3. The van der Waals surface area contributed by atoms with Crippen LogP contribution < -0.4 is 0 Å². The van der Waals surface area contributed by atoms with Crippen molar-refractivity contribution in [3.63, 3.8) is 0 Å². The second kappa shape index (κ2) is 13.5. The van der Waals surface area contributed by atoms with E-state index in [4.69, 9.17) is 4.42 Å². The Hall–Kier alpha value is -2.80. The monoisotopic (exact) mass is 548 g/mol. The number of rotatable bonds is 15. The molecule has 0 radical (unpaired) electrons. The van der Waals surface area contributed by atoms with Gasteiger partial charge in [-0.25, -0.2) is 0 Å². The fourth-order valence-corrected chi connectivity index (χ4v) is 7.44. The molecule has 0 atom stereocenters. The van der Waals surface area contributed by atoms with Crippen LogP contribution in [-0.4, -0.2) is 0 Å². The van der Waals surface area contributed by atoms with Crippen LogP contribution in [0.5, 0.6) is 0 Å². The van der Waals surface area contributed by atoms with E-state index in [1.54, 1.807) is 11.1 Å². The lowest BCUT2D eigenvalue weighted by Crippen LogP contribution is -2.25. The maximum atomic E-state index is 6.56. The van der Waals surface area contributed by atoms with Crippen molar-refractivity contribution in [2.75, 3.05) is 0 Å². The second-order valence-corrected chi connectivity index (χ2v) is 13.0. The van der Waals surface area contributed by atoms with Gasteiger partial charge in [-0.05, 0) is 73.6 Å². The summed E-state index contributed by atoms with van der Waals surface area (Å²) in [6.07, 6.45) is 18.6. The summed E-state index contributed by atoms with van der Waals surface area (Å²) in [6, 6.07) is 21.1. The molecule has 0 fully saturated rings. The molecule has 0 aliphatic heterocycles. The highest BCUT2D eigenvalue weighted by Crippen LogP contribution is 2.55. The molecule has 1 heteroatoms. The summed E-state index contributed by atoms with van der Waals surface area (Å²) < 4.78 is 6.56. The van der Waals surface area contributed by atoms with Gasteiger partial charge in [0.15, 0.2) is 0 Å². The van der Waals surface area contributed by atoms with Crippen molar-refractivity contribution in [2.45, 2.75) is 130 Å². The first-order chi connectivity index (χ1) is 20.0. The molecule has 218 valence electrons. The van der Waals surface area contributed by atoms with E-state index in [1.807, 2.05) is 0 Å². The first-order valence-corrected chi connectivity index (χ1v) is 16.7. The highest BCUT2D eigenvalue weighted by atomic mass is 16.3. The molecule has 0 amide bonds. The largest absolute Gasteiger partial charge is 0.456 e. The summed E-state index contributed by atoms with van der Waals surface area (Å²) in [5.41, 5.74) is 12.3. The number of aryl methyl sites for hydroxylation is 3. The van der Waals surface area contributed by atoms with E-state index < -0.39 is 0 Å². The highest BCUT2D eigenvalue weighted by Gasteiger charge is 2.42. The van der Waals surface area contributed by atoms with E-state index in [0.29, 0.717) is 0 Å². The lowest BCUT2D eigenvalue weighted by molar-refractivity contribution is 0.397. The Morgan fingerprint density at radius 3 is 1.76 bits per heavy atom.